The number of amides is 1. The lowest BCUT2D eigenvalue weighted by Crippen LogP contribution is -2.34. The first kappa shape index (κ1) is 14.3. The van der Waals surface area contributed by atoms with Gasteiger partial charge in [0.05, 0.1) is 12.6 Å². The second kappa shape index (κ2) is 6.25. The average molecular weight is 262 g/mol. The Morgan fingerprint density at radius 2 is 1.94 bits per heavy atom. The van der Waals surface area contributed by atoms with Crippen molar-refractivity contribution >= 4 is 6.09 Å². The number of rotatable bonds is 4. The van der Waals surface area contributed by atoms with Crippen molar-refractivity contribution in [2.75, 3.05) is 13.2 Å². The third-order valence-corrected chi connectivity index (χ3v) is 2.21. The first-order valence-electron chi connectivity index (χ1n) is 5.27. The van der Waals surface area contributed by atoms with Crippen LogP contribution in [0.5, 0.6) is 0 Å². The van der Waals surface area contributed by atoms with Gasteiger partial charge >= 0.3 is 6.09 Å². The largest absolute Gasteiger partial charge is 0.450 e. The predicted molar refractivity (Wildman–Crippen MR) is 58.3 cm³/mol. The van der Waals surface area contributed by atoms with Crippen LogP contribution in [0, 0.1) is 17.5 Å². The summed E-state index contributed by atoms with van der Waals surface area (Å²) in [5.74, 6) is -4.24. The number of hydrogen-bond donors (Lipinski definition) is 2. The van der Waals surface area contributed by atoms with E-state index < -0.39 is 29.6 Å². The highest BCUT2D eigenvalue weighted by atomic mass is 19.2. The second-order valence-corrected chi connectivity index (χ2v) is 3.45. The highest BCUT2D eigenvalue weighted by Gasteiger charge is 2.18. The lowest BCUT2D eigenvalue weighted by atomic mass is 10.1. The molecule has 0 spiro atoms. The van der Waals surface area contributed by atoms with E-state index >= 15 is 0 Å². The zero-order chi connectivity index (χ0) is 13.7. The number of carbonyl (C=O) groups excluding carboxylic acids is 1. The molecule has 0 aliphatic carbocycles. The van der Waals surface area contributed by atoms with Crippen molar-refractivity contribution < 1.29 is 22.7 Å². The summed E-state index contributed by atoms with van der Waals surface area (Å²) in [6.45, 7) is 1.65. The number of halogens is 3. The average Bonchev–Trinajstić information content (AvgIpc) is 2.32. The van der Waals surface area contributed by atoms with Crippen LogP contribution in [-0.4, -0.2) is 19.2 Å². The van der Waals surface area contributed by atoms with Crippen molar-refractivity contribution in [3.8, 4) is 0 Å². The lowest BCUT2D eigenvalue weighted by molar-refractivity contribution is 0.148. The number of ether oxygens (including phenoxy) is 1. The predicted octanol–water partition coefficient (Wildman–Crippen LogP) is 1.85. The van der Waals surface area contributed by atoms with Gasteiger partial charge in [0.1, 0.15) is 0 Å². The van der Waals surface area contributed by atoms with Gasteiger partial charge in [-0.15, -0.1) is 0 Å². The number of carbonyl (C=O) groups is 1. The standard InChI is InChI=1S/C11H13F3N2O2/c1-2-18-11(17)16-9(5-15)6-3-7(12)10(14)8(13)4-6/h3-4,9H,2,5,15H2,1H3,(H,16,17). The van der Waals surface area contributed by atoms with Crippen LogP contribution in [-0.2, 0) is 4.74 Å². The first-order valence-corrected chi connectivity index (χ1v) is 5.27. The normalized spacial score (nSPS) is 12.1. The van der Waals surface area contributed by atoms with Crippen LogP contribution in [0.25, 0.3) is 0 Å². The minimum absolute atomic E-state index is 0.0296. The van der Waals surface area contributed by atoms with Crippen molar-refractivity contribution in [1.29, 1.82) is 0 Å². The monoisotopic (exact) mass is 262 g/mol. The summed E-state index contributed by atoms with van der Waals surface area (Å²) < 4.78 is 43.4. The van der Waals surface area contributed by atoms with E-state index in [1.165, 1.54) is 0 Å². The molecular weight excluding hydrogens is 249 g/mol. The van der Waals surface area contributed by atoms with Crippen LogP contribution in [0.1, 0.15) is 18.5 Å². The van der Waals surface area contributed by atoms with Crippen molar-refractivity contribution in [1.82, 2.24) is 5.32 Å². The third kappa shape index (κ3) is 3.36. The summed E-state index contributed by atoms with van der Waals surface area (Å²) in [4.78, 5) is 11.2. The Bertz CT molecular complexity index is 417. The quantitative estimate of drug-likeness (QED) is 0.814. The molecule has 0 aliphatic heterocycles. The maximum atomic E-state index is 13.0. The zero-order valence-corrected chi connectivity index (χ0v) is 9.67. The van der Waals surface area contributed by atoms with Gasteiger partial charge in [0.2, 0.25) is 0 Å². The van der Waals surface area contributed by atoms with Gasteiger partial charge in [0, 0.05) is 6.54 Å². The van der Waals surface area contributed by atoms with E-state index in [1.54, 1.807) is 6.92 Å². The summed E-state index contributed by atoms with van der Waals surface area (Å²) in [6, 6.07) is 0.707. The zero-order valence-electron chi connectivity index (χ0n) is 9.67. The van der Waals surface area contributed by atoms with E-state index in [2.05, 4.69) is 10.1 Å². The lowest BCUT2D eigenvalue weighted by Gasteiger charge is -2.17. The number of nitrogens with one attached hydrogen (secondary N) is 1. The van der Waals surface area contributed by atoms with E-state index in [1.807, 2.05) is 0 Å². The van der Waals surface area contributed by atoms with E-state index in [4.69, 9.17) is 5.73 Å². The summed E-state index contributed by atoms with van der Waals surface area (Å²) in [6.07, 6.45) is -0.766. The molecule has 1 aromatic carbocycles. The van der Waals surface area contributed by atoms with Gasteiger partial charge in [0.15, 0.2) is 17.5 Å². The van der Waals surface area contributed by atoms with Gasteiger partial charge < -0.3 is 15.8 Å². The molecule has 0 aliphatic rings. The number of nitrogens with two attached hydrogens (primary N) is 1. The van der Waals surface area contributed by atoms with E-state index in [0.717, 1.165) is 12.1 Å². The fraction of sp³-hybridized carbons (Fsp3) is 0.364. The Balaban J connectivity index is 2.92. The van der Waals surface area contributed by atoms with Gasteiger partial charge in [-0.05, 0) is 24.6 Å². The molecule has 0 bridgehead atoms. The highest BCUT2D eigenvalue weighted by molar-refractivity contribution is 5.67. The Hall–Kier alpha value is -1.76. The topological polar surface area (TPSA) is 64.3 Å². The number of hydrogen-bond acceptors (Lipinski definition) is 3. The molecule has 18 heavy (non-hydrogen) atoms. The van der Waals surface area contributed by atoms with E-state index in [0.29, 0.717) is 0 Å². The van der Waals surface area contributed by atoms with Crippen molar-refractivity contribution in [2.45, 2.75) is 13.0 Å². The van der Waals surface area contributed by atoms with Gasteiger partial charge in [-0.25, -0.2) is 18.0 Å². The van der Waals surface area contributed by atoms with Crippen LogP contribution in [0.3, 0.4) is 0 Å². The molecule has 0 saturated heterocycles. The first-order chi connectivity index (χ1) is 8.49. The van der Waals surface area contributed by atoms with Crippen molar-refractivity contribution in [3.05, 3.63) is 35.1 Å². The molecule has 7 heteroatoms. The maximum absolute atomic E-state index is 13.0. The smallest absolute Gasteiger partial charge is 0.407 e. The molecule has 3 N–H and O–H groups in total. The molecule has 1 rings (SSSR count). The number of alkyl carbamates (subject to hydrolysis) is 1. The fourth-order valence-corrected chi connectivity index (χ4v) is 1.37. The second-order valence-electron chi connectivity index (χ2n) is 3.45. The molecule has 4 nitrogen and oxygen atoms in total. The van der Waals surface area contributed by atoms with Gasteiger partial charge in [-0.2, -0.15) is 0 Å². The molecule has 1 aromatic rings. The maximum Gasteiger partial charge on any atom is 0.407 e. The van der Waals surface area contributed by atoms with Crippen LogP contribution < -0.4 is 11.1 Å². The Labute approximate surface area is 102 Å². The molecule has 1 amide bonds. The van der Waals surface area contributed by atoms with Crippen LogP contribution >= 0.6 is 0 Å². The van der Waals surface area contributed by atoms with Crippen molar-refractivity contribution in [2.24, 2.45) is 5.73 Å². The molecule has 0 saturated carbocycles. The Morgan fingerprint density at radius 3 is 2.39 bits per heavy atom. The minimum atomic E-state index is -1.56. The highest BCUT2D eigenvalue weighted by Crippen LogP contribution is 2.18. The molecule has 100 valence electrons. The summed E-state index contributed by atoms with van der Waals surface area (Å²) in [5.41, 5.74) is 5.41. The summed E-state index contributed by atoms with van der Waals surface area (Å²) in [5, 5.41) is 2.32. The fourth-order valence-electron chi connectivity index (χ4n) is 1.37. The minimum Gasteiger partial charge on any atom is -0.450 e. The van der Waals surface area contributed by atoms with Gasteiger partial charge in [0.25, 0.3) is 0 Å². The molecule has 1 atom stereocenters. The molecular formula is C11H13F3N2O2. The van der Waals surface area contributed by atoms with Crippen LogP contribution in [0.15, 0.2) is 12.1 Å². The molecule has 0 aromatic heterocycles. The van der Waals surface area contributed by atoms with Gasteiger partial charge in [-0.3, -0.25) is 0 Å². The Morgan fingerprint density at radius 1 is 1.39 bits per heavy atom. The molecule has 0 fully saturated rings. The molecule has 1 unspecified atom stereocenters. The Kier molecular flexibility index (Phi) is 4.96. The molecule has 0 heterocycles. The summed E-state index contributed by atoms with van der Waals surface area (Å²) in [7, 11) is 0. The van der Waals surface area contributed by atoms with E-state index in [-0.39, 0.29) is 18.7 Å². The summed E-state index contributed by atoms with van der Waals surface area (Å²) >= 11 is 0. The van der Waals surface area contributed by atoms with Crippen molar-refractivity contribution in [3.63, 3.8) is 0 Å². The van der Waals surface area contributed by atoms with E-state index in [9.17, 15) is 18.0 Å². The van der Waals surface area contributed by atoms with Gasteiger partial charge in [-0.1, -0.05) is 0 Å². The molecule has 0 radical (unpaired) electrons. The number of benzene rings is 1. The SMILES string of the molecule is CCOC(=O)NC(CN)c1cc(F)c(F)c(F)c1. The van der Waals surface area contributed by atoms with Crippen LogP contribution in [0.2, 0.25) is 0 Å². The van der Waals surface area contributed by atoms with Crippen LogP contribution in [0.4, 0.5) is 18.0 Å². The third-order valence-electron chi connectivity index (χ3n) is 2.21.